The Morgan fingerprint density at radius 2 is 2.17 bits per heavy atom. The van der Waals surface area contributed by atoms with Crippen molar-refractivity contribution >= 4 is 21.6 Å². The van der Waals surface area contributed by atoms with Gasteiger partial charge in [0.1, 0.15) is 23.1 Å². The van der Waals surface area contributed by atoms with Crippen molar-refractivity contribution in [1.82, 2.24) is 9.97 Å². The van der Waals surface area contributed by atoms with Crippen LogP contribution in [0.1, 0.15) is 23.1 Å². The lowest BCUT2D eigenvalue weighted by Gasteiger charge is -2.09. The van der Waals surface area contributed by atoms with Gasteiger partial charge >= 0.3 is 5.97 Å². The minimum atomic E-state index is -3.21. The molecule has 8 heteroatoms. The number of aryl methyl sites for hydroxylation is 1. The number of esters is 1. The summed E-state index contributed by atoms with van der Waals surface area (Å²) in [6, 6.07) is 0. The molecule has 0 spiro atoms. The third-order valence-electron chi connectivity index (χ3n) is 1.91. The summed E-state index contributed by atoms with van der Waals surface area (Å²) in [5.41, 5.74) is 0.117. The molecule has 0 aliphatic carbocycles. The van der Waals surface area contributed by atoms with Crippen LogP contribution in [0.5, 0.6) is 0 Å². The van der Waals surface area contributed by atoms with Crippen LogP contribution in [0.25, 0.3) is 0 Å². The molecule has 100 valence electrons. The number of ether oxygens (including phenoxy) is 1. The summed E-state index contributed by atoms with van der Waals surface area (Å²) in [5, 5.41) is 2.59. The number of anilines is 1. The number of nitrogens with one attached hydrogen (secondary N) is 1. The molecule has 0 atom stereocenters. The van der Waals surface area contributed by atoms with Crippen LogP contribution in [0.4, 0.5) is 5.82 Å². The summed E-state index contributed by atoms with van der Waals surface area (Å²) < 4.78 is 27.0. The molecule has 0 radical (unpaired) electrons. The predicted octanol–water partition coefficient (Wildman–Crippen LogP) is 0.376. The number of carbonyl (C=O) groups excluding carboxylic acids is 1. The molecule has 1 rings (SSSR count). The third kappa shape index (κ3) is 4.28. The molecule has 0 aromatic carbocycles. The molecule has 0 saturated carbocycles. The Bertz CT molecular complexity index is 542. The first-order valence-corrected chi connectivity index (χ1v) is 7.32. The highest BCUT2D eigenvalue weighted by Gasteiger charge is 2.16. The van der Waals surface area contributed by atoms with Gasteiger partial charge in [-0.15, -0.1) is 0 Å². The highest BCUT2D eigenvalue weighted by atomic mass is 32.2. The molecule has 1 aromatic heterocycles. The minimum Gasteiger partial charge on any atom is -0.462 e. The van der Waals surface area contributed by atoms with Gasteiger partial charge in [-0.3, -0.25) is 0 Å². The van der Waals surface area contributed by atoms with Gasteiger partial charge in [0.2, 0.25) is 0 Å². The van der Waals surface area contributed by atoms with Gasteiger partial charge in [0.15, 0.2) is 9.84 Å². The van der Waals surface area contributed by atoms with E-state index in [0.29, 0.717) is 5.82 Å². The fraction of sp³-hybridized carbons (Fsp3) is 0.500. The minimum absolute atomic E-state index is 0.117. The Labute approximate surface area is 106 Å². The Kier molecular flexibility index (Phi) is 4.60. The Balaban J connectivity index is 3.00. The summed E-state index contributed by atoms with van der Waals surface area (Å²) in [7, 11) is -3.21. The number of aromatic nitrogens is 2. The van der Waals surface area contributed by atoms with Crippen molar-refractivity contribution in [3.8, 4) is 0 Å². The lowest BCUT2D eigenvalue weighted by molar-refractivity contribution is 0.0526. The maximum atomic E-state index is 11.6. The Morgan fingerprint density at radius 3 is 2.72 bits per heavy atom. The van der Waals surface area contributed by atoms with Crippen molar-refractivity contribution in [2.75, 3.05) is 24.1 Å². The molecular weight excluding hydrogens is 258 g/mol. The van der Waals surface area contributed by atoms with Gasteiger partial charge in [0.05, 0.1) is 6.61 Å². The lowest BCUT2D eigenvalue weighted by atomic mass is 10.3. The molecular formula is C10H15N3O4S. The van der Waals surface area contributed by atoms with Crippen LogP contribution in [0.15, 0.2) is 6.20 Å². The molecule has 1 heterocycles. The maximum absolute atomic E-state index is 11.6. The van der Waals surface area contributed by atoms with Crippen LogP contribution >= 0.6 is 0 Å². The molecule has 7 nitrogen and oxygen atoms in total. The second-order valence-corrected chi connectivity index (χ2v) is 5.79. The second kappa shape index (κ2) is 5.76. The quantitative estimate of drug-likeness (QED) is 0.774. The second-order valence-electron chi connectivity index (χ2n) is 3.65. The van der Waals surface area contributed by atoms with Gasteiger partial charge in [-0.1, -0.05) is 0 Å². The van der Waals surface area contributed by atoms with E-state index >= 15 is 0 Å². The van der Waals surface area contributed by atoms with Crippen molar-refractivity contribution in [3.05, 3.63) is 17.6 Å². The molecule has 0 amide bonds. The van der Waals surface area contributed by atoms with E-state index in [1.54, 1.807) is 13.8 Å². The van der Waals surface area contributed by atoms with Gasteiger partial charge in [-0.2, -0.15) is 0 Å². The van der Waals surface area contributed by atoms with Crippen LogP contribution in [-0.2, 0) is 14.6 Å². The number of sulfone groups is 1. The summed E-state index contributed by atoms with van der Waals surface area (Å²) in [5.74, 6) is -0.311. The molecule has 0 saturated heterocycles. The van der Waals surface area contributed by atoms with Crippen LogP contribution < -0.4 is 5.32 Å². The normalized spacial score (nSPS) is 11.1. The molecule has 1 aromatic rings. The average Bonchev–Trinajstić information content (AvgIpc) is 2.25. The first kappa shape index (κ1) is 14.4. The Morgan fingerprint density at radius 1 is 1.50 bits per heavy atom. The van der Waals surface area contributed by atoms with Crippen LogP contribution in [0.3, 0.4) is 0 Å². The molecule has 1 N–H and O–H groups in total. The Hall–Kier alpha value is -1.70. The van der Waals surface area contributed by atoms with Crippen molar-refractivity contribution in [3.63, 3.8) is 0 Å². The summed E-state index contributed by atoms with van der Waals surface area (Å²) in [4.78, 5) is 19.5. The maximum Gasteiger partial charge on any atom is 0.343 e. The third-order valence-corrected chi connectivity index (χ3v) is 2.58. The summed E-state index contributed by atoms with van der Waals surface area (Å²) in [6.45, 7) is 3.54. The van der Waals surface area contributed by atoms with E-state index in [1.807, 2.05) is 0 Å². The smallest absolute Gasteiger partial charge is 0.343 e. The molecule has 18 heavy (non-hydrogen) atoms. The molecule has 0 unspecified atom stereocenters. The zero-order valence-electron chi connectivity index (χ0n) is 10.4. The number of nitrogens with zero attached hydrogens (tertiary/aromatic N) is 2. The van der Waals surface area contributed by atoms with E-state index < -0.39 is 15.8 Å². The van der Waals surface area contributed by atoms with E-state index in [-0.39, 0.29) is 23.9 Å². The zero-order chi connectivity index (χ0) is 13.8. The van der Waals surface area contributed by atoms with Gasteiger partial charge < -0.3 is 10.1 Å². The van der Waals surface area contributed by atoms with E-state index in [9.17, 15) is 13.2 Å². The number of hydrogen-bond acceptors (Lipinski definition) is 7. The largest absolute Gasteiger partial charge is 0.462 e. The van der Waals surface area contributed by atoms with E-state index in [2.05, 4.69) is 15.3 Å². The van der Waals surface area contributed by atoms with Crippen LogP contribution in [-0.4, -0.2) is 43.1 Å². The van der Waals surface area contributed by atoms with E-state index in [4.69, 9.17) is 4.74 Å². The lowest BCUT2D eigenvalue weighted by Crippen LogP contribution is -2.17. The molecule has 0 fully saturated rings. The van der Waals surface area contributed by atoms with Crippen molar-refractivity contribution in [2.45, 2.75) is 13.8 Å². The summed E-state index contributed by atoms with van der Waals surface area (Å²) >= 11 is 0. The van der Waals surface area contributed by atoms with Crippen LogP contribution in [0.2, 0.25) is 0 Å². The zero-order valence-corrected chi connectivity index (χ0v) is 11.2. The van der Waals surface area contributed by atoms with Crippen LogP contribution in [0, 0.1) is 6.92 Å². The highest BCUT2D eigenvalue weighted by Crippen LogP contribution is 2.13. The number of carbonyl (C=O) groups is 1. The van der Waals surface area contributed by atoms with Crippen molar-refractivity contribution in [2.24, 2.45) is 0 Å². The SMILES string of the molecule is CCOC(=O)c1cnc(C)nc1NCS(C)(=O)=O. The first-order valence-electron chi connectivity index (χ1n) is 5.26. The summed E-state index contributed by atoms with van der Waals surface area (Å²) in [6.07, 6.45) is 2.39. The average molecular weight is 273 g/mol. The molecule has 0 bridgehead atoms. The van der Waals surface area contributed by atoms with E-state index in [0.717, 1.165) is 6.26 Å². The highest BCUT2D eigenvalue weighted by molar-refractivity contribution is 7.90. The van der Waals surface area contributed by atoms with Gasteiger partial charge in [0, 0.05) is 12.5 Å². The fourth-order valence-electron chi connectivity index (χ4n) is 1.16. The van der Waals surface area contributed by atoms with Crippen molar-refractivity contribution < 1.29 is 17.9 Å². The first-order chi connectivity index (χ1) is 8.33. The van der Waals surface area contributed by atoms with Gasteiger partial charge in [0.25, 0.3) is 0 Å². The van der Waals surface area contributed by atoms with Crippen molar-refractivity contribution in [1.29, 1.82) is 0 Å². The molecule has 0 aliphatic heterocycles. The molecule has 0 aliphatic rings. The predicted molar refractivity (Wildman–Crippen MR) is 66.1 cm³/mol. The number of hydrogen-bond donors (Lipinski definition) is 1. The standard InChI is InChI=1S/C10H15N3O4S/c1-4-17-10(14)8-5-11-7(2)13-9(8)12-6-18(3,15)16/h5H,4,6H2,1-3H3,(H,11,12,13). The number of rotatable bonds is 5. The monoisotopic (exact) mass is 273 g/mol. The van der Waals surface area contributed by atoms with E-state index in [1.165, 1.54) is 6.20 Å². The topological polar surface area (TPSA) is 98.2 Å². The van der Waals surface area contributed by atoms with Gasteiger partial charge in [-0.25, -0.2) is 23.2 Å². The van der Waals surface area contributed by atoms with Gasteiger partial charge in [-0.05, 0) is 13.8 Å². The fourth-order valence-corrected chi connectivity index (χ4v) is 1.56.